The Hall–Kier alpha value is -1.06. The van der Waals surface area contributed by atoms with Crippen LogP contribution in [0.3, 0.4) is 0 Å². The summed E-state index contributed by atoms with van der Waals surface area (Å²) in [5.74, 6) is 1.09. The molecule has 2 amide bonds. The summed E-state index contributed by atoms with van der Waals surface area (Å²) in [4.78, 5) is 28.7. The van der Waals surface area contributed by atoms with E-state index < -0.39 is 0 Å². The largest absolute Gasteiger partial charge is 0.341 e. The lowest BCUT2D eigenvalue weighted by Crippen LogP contribution is -2.49. The van der Waals surface area contributed by atoms with Crippen LogP contribution in [0.4, 0.5) is 0 Å². The minimum absolute atomic E-state index is 0.173. The van der Waals surface area contributed by atoms with E-state index in [1.54, 1.807) is 0 Å². The third kappa shape index (κ3) is 3.53. The smallest absolute Gasteiger partial charge is 0.245 e. The molecule has 0 aromatic heterocycles. The predicted molar refractivity (Wildman–Crippen MR) is 79.2 cm³/mol. The van der Waals surface area contributed by atoms with E-state index in [1.807, 2.05) is 9.80 Å². The monoisotopic (exact) mass is 280 g/mol. The maximum absolute atomic E-state index is 12.6. The molecule has 2 aliphatic rings. The zero-order valence-electron chi connectivity index (χ0n) is 12.9. The summed E-state index contributed by atoms with van der Waals surface area (Å²) >= 11 is 0. The van der Waals surface area contributed by atoms with E-state index in [4.69, 9.17) is 0 Å². The van der Waals surface area contributed by atoms with Gasteiger partial charge < -0.3 is 9.80 Å². The molecule has 0 saturated carbocycles. The molecule has 0 unspecified atom stereocenters. The number of nitrogens with zero attached hydrogens (tertiary/aromatic N) is 2. The molecular weight excluding hydrogens is 252 g/mol. The Bertz CT molecular complexity index is 348. The first-order valence-electron chi connectivity index (χ1n) is 8.21. The number of amides is 2. The highest BCUT2D eigenvalue weighted by Gasteiger charge is 2.36. The summed E-state index contributed by atoms with van der Waals surface area (Å²) < 4.78 is 0. The average molecular weight is 280 g/mol. The van der Waals surface area contributed by atoms with Crippen LogP contribution in [0.2, 0.25) is 0 Å². The zero-order valence-corrected chi connectivity index (χ0v) is 12.9. The molecule has 2 rings (SSSR count). The fourth-order valence-electron chi connectivity index (χ4n) is 3.23. The molecule has 0 radical (unpaired) electrons. The van der Waals surface area contributed by atoms with Crippen molar-refractivity contribution in [3.05, 3.63) is 0 Å². The molecule has 0 bridgehead atoms. The Kier molecular flexibility index (Phi) is 5.44. The molecule has 2 heterocycles. The van der Waals surface area contributed by atoms with Crippen LogP contribution in [-0.4, -0.2) is 47.3 Å². The average Bonchev–Trinajstić information content (AvgIpc) is 2.94. The van der Waals surface area contributed by atoms with Gasteiger partial charge in [-0.15, -0.1) is 0 Å². The molecule has 0 N–H and O–H groups in total. The molecule has 0 aromatic rings. The second-order valence-electron chi connectivity index (χ2n) is 6.36. The van der Waals surface area contributed by atoms with Gasteiger partial charge in [0.15, 0.2) is 0 Å². The molecular formula is C16H28N2O2. The van der Waals surface area contributed by atoms with Crippen LogP contribution >= 0.6 is 0 Å². The van der Waals surface area contributed by atoms with Crippen molar-refractivity contribution >= 4 is 11.8 Å². The molecule has 2 saturated heterocycles. The summed E-state index contributed by atoms with van der Waals surface area (Å²) in [7, 11) is 0. The van der Waals surface area contributed by atoms with Gasteiger partial charge in [-0.2, -0.15) is 0 Å². The van der Waals surface area contributed by atoms with Gasteiger partial charge in [-0.25, -0.2) is 0 Å². The highest BCUT2D eigenvalue weighted by atomic mass is 16.2. The van der Waals surface area contributed by atoms with Crippen LogP contribution in [0.25, 0.3) is 0 Å². The SMILES string of the molecule is CCCCC(=O)N1CCC[C@H]1C(=O)N1CCC(C)CC1. The maximum atomic E-state index is 12.6. The number of likely N-dealkylation sites (tertiary alicyclic amines) is 2. The molecule has 1 atom stereocenters. The third-order valence-corrected chi connectivity index (χ3v) is 4.70. The highest BCUT2D eigenvalue weighted by molar-refractivity contribution is 5.88. The fourth-order valence-corrected chi connectivity index (χ4v) is 3.23. The van der Waals surface area contributed by atoms with Crippen molar-refractivity contribution in [3.63, 3.8) is 0 Å². The number of piperidine rings is 1. The van der Waals surface area contributed by atoms with Crippen molar-refractivity contribution in [2.45, 2.75) is 64.8 Å². The van der Waals surface area contributed by atoms with Crippen LogP contribution in [-0.2, 0) is 9.59 Å². The lowest BCUT2D eigenvalue weighted by molar-refractivity contribution is -0.144. The van der Waals surface area contributed by atoms with Crippen LogP contribution in [0.5, 0.6) is 0 Å². The van der Waals surface area contributed by atoms with Crippen LogP contribution < -0.4 is 0 Å². The van der Waals surface area contributed by atoms with Crippen molar-refractivity contribution in [1.82, 2.24) is 9.80 Å². The molecule has 0 spiro atoms. The second-order valence-corrected chi connectivity index (χ2v) is 6.36. The predicted octanol–water partition coefficient (Wildman–Crippen LogP) is 2.43. The van der Waals surface area contributed by atoms with E-state index in [0.717, 1.165) is 64.1 Å². The summed E-state index contributed by atoms with van der Waals surface area (Å²) in [5, 5.41) is 0. The van der Waals surface area contributed by atoms with Crippen molar-refractivity contribution in [2.75, 3.05) is 19.6 Å². The van der Waals surface area contributed by atoms with Gasteiger partial charge in [-0.3, -0.25) is 9.59 Å². The number of carbonyl (C=O) groups is 2. The highest BCUT2D eigenvalue weighted by Crippen LogP contribution is 2.24. The quantitative estimate of drug-likeness (QED) is 0.793. The molecule has 2 aliphatic heterocycles. The number of rotatable bonds is 4. The summed E-state index contributed by atoms with van der Waals surface area (Å²) in [6.07, 6.45) is 6.57. The first-order valence-corrected chi connectivity index (χ1v) is 8.21. The lowest BCUT2D eigenvalue weighted by atomic mass is 9.98. The molecule has 0 aromatic carbocycles. The van der Waals surface area contributed by atoms with Gasteiger partial charge in [-0.05, 0) is 38.0 Å². The standard InChI is InChI=1S/C16H28N2O2/c1-3-4-7-15(19)18-10-5-6-14(18)16(20)17-11-8-13(2)9-12-17/h13-14H,3-12H2,1-2H3/t14-/m0/s1. The van der Waals surface area contributed by atoms with Crippen molar-refractivity contribution < 1.29 is 9.59 Å². The van der Waals surface area contributed by atoms with Gasteiger partial charge in [0.1, 0.15) is 6.04 Å². The van der Waals surface area contributed by atoms with E-state index in [9.17, 15) is 9.59 Å². The molecule has 4 heteroatoms. The Morgan fingerprint density at radius 2 is 1.80 bits per heavy atom. The van der Waals surface area contributed by atoms with Gasteiger partial charge in [0.25, 0.3) is 0 Å². The van der Waals surface area contributed by atoms with E-state index in [-0.39, 0.29) is 17.9 Å². The number of hydrogen-bond acceptors (Lipinski definition) is 2. The first-order chi connectivity index (χ1) is 9.63. The Labute approximate surface area is 122 Å². The summed E-state index contributed by atoms with van der Waals surface area (Å²) in [6, 6.07) is -0.173. The topological polar surface area (TPSA) is 40.6 Å². The normalized spacial score (nSPS) is 24.2. The van der Waals surface area contributed by atoms with Crippen molar-refractivity contribution in [2.24, 2.45) is 5.92 Å². The molecule has 4 nitrogen and oxygen atoms in total. The Balaban J connectivity index is 1.92. The van der Waals surface area contributed by atoms with Crippen molar-refractivity contribution in [3.8, 4) is 0 Å². The van der Waals surface area contributed by atoms with Gasteiger partial charge in [0.2, 0.25) is 11.8 Å². The van der Waals surface area contributed by atoms with Crippen LogP contribution in [0.1, 0.15) is 58.8 Å². The number of hydrogen-bond donors (Lipinski definition) is 0. The molecule has 20 heavy (non-hydrogen) atoms. The van der Waals surface area contributed by atoms with Crippen LogP contribution in [0, 0.1) is 5.92 Å². The Morgan fingerprint density at radius 3 is 2.45 bits per heavy atom. The first kappa shape index (κ1) is 15.3. The molecule has 0 aliphatic carbocycles. The number of unbranched alkanes of at least 4 members (excludes halogenated alkanes) is 1. The van der Waals surface area contributed by atoms with Crippen LogP contribution in [0.15, 0.2) is 0 Å². The van der Waals surface area contributed by atoms with E-state index in [2.05, 4.69) is 13.8 Å². The Morgan fingerprint density at radius 1 is 1.10 bits per heavy atom. The minimum Gasteiger partial charge on any atom is -0.341 e. The minimum atomic E-state index is -0.173. The molecule has 114 valence electrons. The van der Waals surface area contributed by atoms with E-state index in [0.29, 0.717) is 6.42 Å². The van der Waals surface area contributed by atoms with Gasteiger partial charge in [-0.1, -0.05) is 20.3 Å². The van der Waals surface area contributed by atoms with Crippen molar-refractivity contribution in [1.29, 1.82) is 0 Å². The van der Waals surface area contributed by atoms with Gasteiger partial charge in [0, 0.05) is 26.1 Å². The zero-order chi connectivity index (χ0) is 14.5. The van der Waals surface area contributed by atoms with E-state index in [1.165, 1.54) is 0 Å². The summed E-state index contributed by atoms with van der Waals surface area (Å²) in [6.45, 7) is 6.84. The van der Waals surface area contributed by atoms with E-state index >= 15 is 0 Å². The number of carbonyl (C=O) groups excluding carboxylic acids is 2. The summed E-state index contributed by atoms with van der Waals surface area (Å²) in [5.41, 5.74) is 0. The second kappa shape index (κ2) is 7.09. The molecule has 2 fully saturated rings. The fraction of sp³-hybridized carbons (Fsp3) is 0.875. The van der Waals surface area contributed by atoms with Gasteiger partial charge in [0.05, 0.1) is 0 Å². The maximum Gasteiger partial charge on any atom is 0.245 e. The third-order valence-electron chi connectivity index (χ3n) is 4.70. The van der Waals surface area contributed by atoms with Gasteiger partial charge >= 0.3 is 0 Å². The lowest BCUT2D eigenvalue weighted by Gasteiger charge is -2.34.